The van der Waals surface area contributed by atoms with E-state index in [9.17, 15) is 0 Å². The lowest BCUT2D eigenvalue weighted by Gasteiger charge is -2.51. The van der Waals surface area contributed by atoms with Crippen molar-refractivity contribution in [2.45, 2.75) is 81.6 Å². The fourth-order valence-electron chi connectivity index (χ4n) is 4.55. The highest BCUT2D eigenvalue weighted by Crippen LogP contribution is 2.53. The van der Waals surface area contributed by atoms with Crippen LogP contribution < -0.4 is 0 Å². The first-order valence-electron chi connectivity index (χ1n) is 8.54. The summed E-state index contributed by atoms with van der Waals surface area (Å²) in [5.41, 5.74) is 2.74. The second-order valence-corrected chi connectivity index (χ2v) is 7.26. The van der Waals surface area contributed by atoms with Crippen molar-refractivity contribution >= 4 is 0 Å². The van der Waals surface area contributed by atoms with Gasteiger partial charge in [0.15, 0.2) is 5.82 Å². The maximum Gasteiger partial charge on any atom is 0.157 e. The maximum absolute atomic E-state index is 5.80. The Balaban J connectivity index is 1.64. The van der Waals surface area contributed by atoms with Crippen molar-refractivity contribution in [1.82, 2.24) is 15.2 Å². The van der Waals surface area contributed by atoms with Crippen molar-refractivity contribution < 1.29 is 4.74 Å². The molecule has 0 aliphatic heterocycles. The van der Waals surface area contributed by atoms with Gasteiger partial charge in [-0.1, -0.05) is 6.42 Å². The topological polar surface area (TPSA) is 47.9 Å². The van der Waals surface area contributed by atoms with Gasteiger partial charge in [0.2, 0.25) is 0 Å². The molecule has 3 fully saturated rings. The van der Waals surface area contributed by atoms with Gasteiger partial charge in [-0.25, -0.2) is 4.98 Å². The van der Waals surface area contributed by atoms with Gasteiger partial charge in [-0.3, -0.25) is 0 Å². The first-order valence-corrected chi connectivity index (χ1v) is 8.54. The molecule has 0 aromatic carbocycles. The van der Waals surface area contributed by atoms with Crippen LogP contribution in [0.3, 0.4) is 0 Å². The summed E-state index contributed by atoms with van der Waals surface area (Å²) in [6.45, 7) is 0. The van der Waals surface area contributed by atoms with Crippen LogP contribution in [0, 0.1) is 0 Å². The van der Waals surface area contributed by atoms with E-state index in [1.165, 1.54) is 44.2 Å². The lowest BCUT2D eigenvalue weighted by Crippen LogP contribution is -2.50. The number of nitrogens with zero attached hydrogens (tertiary/aromatic N) is 3. The minimum absolute atomic E-state index is 0.154. The Morgan fingerprint density at radius 2 is 1.48 bits per heavy atom. The van der Waals surface area contributed by atoms with E-state index in [2.05, 4.69) is 10.2 Å². The van der Waals surface area contributed by atoms with E-state index in [4.69, 9.17) is 9.72 Å². The van der Waals surface area contributed by atoms with Crippen LogP contribution in [0.25, 0.3) is 0 Å². The van der Waals surface area contributed by atoms with E-state index in [1.807, 2.05) is 7.11 Å². The van der Waals surface area contributed by atoms with E-state index < -0.39 is 0 Å². The second kappa shape index (κ2) is 5.01. The summed E-state index contributed by atoms with van der Waals surface area (Å²) in [6.07, 6.45) is 12.9. The third kappa shape index (κ3) is 2.19. The summed E-state index contributed by atoms with van der Waals surface area (Å²) >= 11 is 0. The minimum Gasteiger partial charge on any atom is -0.378 e. The Bertz CT molecular complexity index is 518. The standard InChI is InChI=1S/C17H25N3O/c1-21-17-10-7-16(8-11-17,9-12-17)15-18-13-5-3-2-4-6-14(13)19-20-15/h2-12H2,1H3. The first-order chi connectivity index (χ1) is 10.3. The van der Waals surface area contributed by atoms with Crippen LogP contribution in [-0.4, -0.2) is 27.9 Å². The van der Waals surface area contributed by atoms with Gasteiger partial charge >= 0.3 is 0 Å². The molecule has 4 nitrogen and oxygen atoms in total. The molecule has 21 heavy (non-hydrogen) atoms. The Morgan fingerprint density at radius 3 is 2.14 bits per heavy atom. The van der Waals surface area contributed by atoms with E-state index in [0.29, 0.717) is 0 Å². The number of hydrogen-bond donors (Lipinski definition) is 0. The molecule has 0 atom stereocenters. The highest BCUT2D eigenvalue weighted by molar-refractivity contribution is 5.20. The molecule has 2 bridgehead atoms. The molecule has 1 aromatic rings. The van der Waals surface area contributed by atoms with Gasteiger partial charge in [-0.15, -0.1) is 5.10 Å². The van der Waals surface area contributed by atoms with Crippen molar-refractivity contribution in [2.24, 2.45) is 0 Å². The number of aromatic nitrogens is 3. The SMILES string of the molecule is COC12CCC(c3nnc4c(n3)CCCCC4)(CC1)CC2. The Hall–Kier alpha value is -1.03. The van der Waals surface area contributed by atoms with E-state index in [0.717, 1.165) is 43.6 Å². The molecule has 0 spiro atoms. The lowest BCUT2D eigenvalue weighted by molar-refractivity contribution is -0.0972. The molecule has 5 rings (SSSR count). The van der Waals surface area contributed by atoms with Gasteiger partial charge < -0.3 is 4.74 Å². The smallest absolute Gasteiger partial charge is 0.157 e. The molecule has 0 unspecified atom stereocenters. The largest absolute Gasteiger partial charge is 0.378 e. The molecule has 4 aliphatic carbocycles. The maximum atomic E-state index is 5.80. The molecule has 4 heteroatoms. The lowest BCUT2D eigenvalue weighted by atomic mass is 9.58. The van der Waals surface area contributed by atoms with Gasteiger partial charge in [-0.2, -0.15) is 5.10 Å². The highest BCUT2D eigenvalue weighted by atomic mass is 16.5. The van der Waals surface area contributed by atoms with Crippen LogP contribution in [0.2, 0.25) is 0 Å². The Morgan fingerprint density at radius 1 is 0.810 bits per heavy atom. The van der Waals surface area contributed by atoms with Crippen LogP contribution in [0.4, 0.5) is 0 Å². The Kier molecular flexibility index (Phi) is 3.25. The average Bonchev–Trinajstić information content (AvgIpc) is 2.81. The minimum atomic E-state index is 0.154. The van der Waals surface area contributed by atoms with Crippen molar-refractivity contribution in [3.8, 4) is 0 Å². The summed E-state index contributed by atoms with van der Waals surface area (Å²) in [6, 6.07) is 0. The molecule has 4 aliphatic rings. The van der Waals surface area contributed by atoms with E-state index in [-0.39, 0.29) is 11.0 Å². The van der Waals surface area contributed by atoms with Crippen molar-refractivity contribution in [3.05, 3.63) is 17.2 Å². The van der Waals surface area contributed by atoms with Gasteiger partial charge in [-0.05, 0) is 64.2 Å². The zero-order chi connectivity index (χ0) is 14.3. The highest BCUT2D eigenvalue weighted by Gasteiger charge is 2.51. The number of methoxy groups -OCH3 is 1. The first kappa shape index (κ1) is 13.6. The van der Waals surface area contributed by atoms with Gasteiger partial charge in [0.1, 0.15) is 0 Å². The third-order valence-electron chi connectivity index (χ3n) is 6.25. The number of fused-ring (bicyclic) bond motifs is 4. The fraction of sp³-hybridized carbons (Fsp3) is 0.824. The number of rotatable bonds is 2. The second-order valence-electron chi connectivity index (χ2n) is 7.26. The normalized spacial score (nSPS) is 35.3. The van der Waals surface area contributed by atoms with Crippen molar-refractivity contribution in [1.29, 1.82) is 0 Å². The number of hydrogen-bond acceptors (Lipinski definition) is 4. The summed E-state index contributed by atoms with van der Waals surface area (Å²) in [5.74, 6) is 1.03. The quantitative estimate of drug-likeness (QED) is 0.784. The van der Waals surface area contributed by atoms with E-state index >= 15 is 0 Å². The van der Waals surface area contributed by atoms with Crippen molar-refractivity contribution in [2.75, 3.05) is 7.11 Å². The zero-order valence-electron chi connectivity index (χ0n) is 13.0. The van der Waals surface area contributed by atoms with Gasteiger partial charge in [0.25, 0.3) is 0 Å². The summed E-state index contributed by atoms with van der Waals surface area (Å²) in [4.78, 5) is 5.00. The van der Waals surface area contributed by atoms with Crippen LogP contribution in [0.1, 0.15) is 75.0 Å². The summed E-state index contributed by atoms with van der Waals surface area (Å²) in [7, 11) is 1.87. The molecular weight excluding hydrogens is 262 g/mol. The molecule has 1 aromatic heterocycles. The predicted molar refractivity (Wildman–Crippen MR) is 80.2 cm³/mol. The molecule has 3 saturated carbocycles. The zero-order valence-corrected chi connectivity index (χ0v) is 13.0. The molecule has 0 radical (unpaired) electrons. The fourth-order valence-corrected chi connectivity index (χ4v) is 4.55. The molecule has 0 amide bonds. The average molecular weight is 287 g/mol. The molecular formula is C17H25N3O. The van der Waals surface area contributed by atoms with Crippen molar-refractivity contribution in [3.63, 3.8) is 0 Å². The number of ether oxygens (including phenoxy) is 1. The van der Waals surface area contributed by atoms with Crippen LogP contribution in [0.15, 0.2) is 0 Å². The summed E-state index contributed by atoms with van der Waals surface area (Å²) < 4.78 is 5.80. The predicted octanol–water partition coefficient (Wildman–Crippen LogP) is 3.13. The van der Waals surface area contributed by atoms with Gasteiger partial charge in [0, 0.05) is 12.5 Å². The summed E-state index contributed by atoms with van der Waals surface area (Å²) in [5, 5.41) is 9.13. The molecule has 1 heterocycles. The van der Waals surface area contributed by atoms with Crippen LogP contribution >= 0.6 is 0 Å². The van der Waals surface area contributed by atoms with Crippen LogP contribution in [-0.2, 0) is 23.0 Å². The third-order valence-corrected chi connectivity index (χ3v) is 6.25. The van der Waals surface area contributed by atoms with E-state index in [1.54, 1.807) is 0 Å². The molecule has 114 valence electrons. The Labute approximate surface area is 126 Å². The monoisotopic (exact) mass is 287 g/mol. The number of aryl methyl sites for hydroxylation is 2. The van der Waals surface area contributed by atoms with Gasteiger partial charge in [0.05, 0.1) is 17.0 Å². The van der Waals surface area contributed by atoms with Crippen LogP contribution in [0.5, 0.6) is 0 Å². The molecule has 0 N–H and O–H groups in total. The molecule has 0 saturated heterocycles.